The number of hydroxylamine groups is 1. The predicted molar refractivity (Wildman–Crippen MR) is 105 cm³/mol. The molecule has 0 unspecified atom stereocenters. The molecule has 0 N–H and O–H groups in total. The summed E-state index contributed by atoms with van der Waals surface area (Å²) in [6.07, 6.45) is 0.939. The van der Waals surface area contributed by atoms with Gasteiger partial charge in [0.2, 0.25) is 5.91 Å². The van der Waals surface area contributed by atoms with Gasteiger partial charge in [-0.05, 0) is 36.2 Å². The standard InChI is InChI=1S/C22H24N2O4/c1-3-4-14-23-21(25)18-19(15-10-12-17(27-2)13-11-15)24(28-20(18)22(23)26)16-8-6-5-7-9-16/h5-13,18-20H,3-4,14H2,1-2H3/t18-,19-,20+/m0/s1. The van der Waals surface area contributed by atoms with E-state index in [1.54, 1.807) is 12.2 Å². The number of amides is 2. The molecule has 0 aromatic heterocycles. The monoisotopic (exact) mass is 380 g/mol. The van der Waals surface area contributed by atoms with Crippen LogP contribution in [-0.4, -0.2) is 36.5 Å². The molecule has 146 valence electrons. The summed E-state index contributed by atoms with van der Waals surface area (Å²) in [6.45, 7) is 2.49. The number of hydrogen-bond donors (Lipinski definition) is 0. The molecule has 2 fully saturated rings. The van der Waals surface area contributed by atoms with Crippen molar-refractivity contribution in [3.8, 4) is 5.75 Å². The number of ether oxygens (including phenoxy) is 1. The van der Waals surface area contributed by atoms with Gasteiger partial charge in [0.1, 0.15) is 11.7 Å². The molecular formula is C22H24N2O4. The number of methoxy groups -OCH3 is 1. The summed E-state index contributed by atoms with van der Waals surface area (Å²) in [5, 5.41) is 1.71. The number of nitrogens with zero attached hydrogens (tertiary/aromatic N) is 2. The average molecular weight is 380 g/mol. The molecule has 2 saturated heterocycles. The number of anilines is 1. The molecule has 0 bridgehead atoms. The number of carbonyl (C=O) groups is 2. The second kappa shape index (κ2) is 7.64. The number of benzene rings is 2. The minimum Gasteiger partial charge on any atom is -0.497 e. The fraction of sp³-hybridized carbons (Fsp3) is 0.364. The van der Waals surface area contributed by atoms with Gasteiger partial charge in [-0.2, -0.15) is 0 Å². The maximum Gasteiger partial charge on any atom is 0.261 e. The van der Waals surface area contributed by atoms with Crippen LogP contribution in [0.25, 0.3) is 0 Å². The van der Waals surface area contributed by atoms with Crippen LogP contribution in [0, 0.1) is 5.92 Å². The summed E-state index contributed by atoms with van der Waals surface area (Å²) in [7, 11) is 1.62. The molecule has 0 spiro atoms. The number of hydrogen-bond acceptors (Lipinski definition) is 5. The van der Waals surface area contributed by atoms with E-state index in [0.717, 1.165) is 29.8 Å². The molecule has 0 saturated carbocycles. The molecule has 3 atom stereocenters. The normalized spacial score (nSPS) is 24.0. The summed E-state index contributed by atoms with van der Waals surface area (Å²) in [5.41, 5.74) is 1.73. The van der Waals surface area contributed by atoms with Gasteiger partial charge in [0.15, 0.2) is 6.10 Å². The Balaban J connectivity index is 1.72. The van der Waals surface area contributed by atoms with E-state index in [1.165, 1.54) is 4.90 Å². The van der Waals surface area contributed by atoms with Crippen LogP contribution in [0.5, 0.6) is 5.75 Å². The Hall–Kier alpha value is -2.86. The van der Waals surface area contributed by atoms with Crippen molar-refractivity contribution in [3.05, 3.63) is 60.2 Å². The van der Waals surface area contributed by atoms with Gasteiger partial charge in [-0.15, -0.1) is 0 Å². The highest BCUT2D eigenvalue weighted by molar-refractivity contribution is 6.07. The van der Waals surface area contributed by atoms with Crippen molar-refractivity contribution in [2.75, 3.05) is 18.7 Å². The Morgan fingerprint density at radius 3 is 2.36 bits per heavy atom. The third kappa shape index (κ3) is 3.03. The fourth-order valence-electron chi connectivity index (χ4n) is 3.95. The van der Waals surface area contributed by atoms with Crippen molar-refractivity contribution < 1.29 is 19.2 Å². The molecule has 6 nitrogen and oxygen atoms in total. The van der Waals surface area contributed by atoms with Crippen LogP contribution in [0.2, 0.25) is 0 Å². The Morgan fingerprint density at radius 2 is 1.71 bits per heavy atom. The van der Waals surface area contributed by atoms with Gasteiger partial charge in [-0.25, -0.2) is 5.06 Å². The van der Waals surface area contributed by atoms with Crippen molar-refractivity contribution in [2.24, 2.45) is 5.92 Å². The maximum absolute atomic E-state index is 13.2. The third-order valence-corrected chi connectivity index (χ3v) is 5.41. The number of unbranched alkanes of at least 4 members (excludes halogenated alkanes) is 1. The van der Waals surface area contributed by atoms with Crippen LogP contribution in [0.15, 0.2) is 54.6 Å². The Morgan fingerprint density at radius 1 is 1.00 bits per heavy atom. The van der Waals surface area contributed by atoms with Gasteiger partial charge in [-0.3, -0.25) is 19.3 Å². The molecule has 6 heteroatoms. The third-order valence-electron chi connectivity index (χ3n) is 5.41. The SMILES string of the molecule is CCCCN1C(=O)[C@@H]2[C@@H](ON(c3ccccc3)[C@H]2c2ccc(OC)cc2)C1=O. The number of carbonyl (C=O) groups excluding carboxylic acids is 2. The number of rotatable bonds is 6. The summed E-state index contributed by atoms with van der Waals surface area (Å²) < 4.78 is 5.26. The average Bonchev–Trinajstić information content (AvgIpc) is 3.24. The largest absolute Gasteiger partial charge is 0.497 e. The van der Waals surface area contributed by atoms with E-state index < -0.39 is 12.0 Å². The number of likely N-dealkylation sites (tertiary alicyclic amines) is 1. The van der Waals surface area contributed by atoms with Gasteiger partial charge in [0.25, 0.3) is 5.91 Å². The zero-order chi connectivity index (χ0) is 19.7. The fourth-order valence-corrected chi connectivity index (χ4v) is 3.95. The zero-order valence-corrected chi connectivity index (χ0v) is 16.1. The van der Waals surface area contributed by atoms with Gasteiger partial charge in [0.05, 0.1) is 18.8 Å². The maximum atomic E-state index is 13.2. The molecule has 2 aliphatic heterocycles. The van der Waals surface area contributed by atoms with E-state index in [9.17, 15) is 9.59 Å². The van der Waals surface area contributed by atoms with E-state index in [1.807, 2.05) is 61.5 Å². The molecule has 2 aromatic carbocycles. The van der Waals surface area contributed by atoms with Crippen LogP contribution < -0.4 is 9.80 Å². The lowest BCUT2D eigenvalue weighted by Crippen LogP contribution is -2.37. The van der Waals surface area contributed by atoms with Crippen molar-refractivity contribution in [3.63, 3.8) is 0 Å². The zero-order valence-electron chi connectivity index (χ0n) is 16.1. The topological polar surface area (TPSA) is 59.1 Å². The Kier molecular flexibility index (Phi) is 5.05. The molecule has 2 aliphatic rings. The minimum absolute atomic E-state index is 0.150. The number of para-hydroxylation sites is 1. The van der Waals surface area contributed by atoms with E-state index in [-0.39, 0.29) is 17.9 Å². The molecule has 2 heterocycles. The summed E-state index contributed by atoms with van der Waals surface area (Å²) in [6, 6.07) is 16.8. The van der Waals surface area contributed by atoms with Crippen LogP contribution in [0.3, 0.4) is 0 Å². The van der Waals surface area contributed by atoms with Crippen LogP contribution in [0.1, 0.15) is 31.4 Å². The van der Waals surface area contributed by atoms with Crippen molar-refractivity contribution in [1.82, 2.24) is 4.90 Å². The highest BCUT2D eigenvalue weighted by Crippen LogP contribution is 2.46. The second-order valence-corrected chi connectivity index (χ2v) is 7.11. The minimum atomic E-state index is -0.781. The van der Waals surface area contributed by atoms with Gasteiger partial charge in [0, 0.05) is 6.54 Å². The van der Waals surface area contributed by atoms with E-state index in [4.69, 9.17) is 9.57 Å². The van der Waals surface area contributed by atoms with E-state index >= 15 is 0 Å². The molecule has 0 aliphatic carbocycles. The first-order valence-corrected chi connectivity index (χ1v) is 9.66. The predicted octanol–water partition coefficient (Wildman–Crippen LogP) is 3.34. The number of fused-ring (bicyclic) bond motifs is 1. The summed E-state index contributed by atoms with van der Waals surface area (Å²) in [4.78, 5) is 33.5. The summed E-state index contributed by atoms with van der Waals surface area (Å²) in [5.74, 6) is -0.204. The van der Waals surface area contributed by atoms with Crippen molar-refractivity contribution in [1.29, 1.82) is 0 Å². The van der Waals surface area contributed by atoms with Crippen LogP contribution >= 0.6 is 0 Å². The first kappa shape index (κ1) is 18.5. The highest BCUT2D eigenvalue weighted by Gasteiger charge is 2.59. The Bertz CT molecular complexity index is 853. The molecule has 2 aromatic rings. The number of imide groups is 1. The first-order valence-electron chi connectivity index (χ1n) is 9.66. The first-order chi connectivity index (χ1) is 13.7. The lowest BCUT2D eigenvalue weighted by Gasteiger charge is -2.28. The molecular weight excluding hydrogens is 356 g/mol. The smallest absolute Gasteiger partial charge is 0.261 e. The lowest BCUT2D eigenvalue weighted by atomic mass is 9.90. The van der Waals surface area contributed by atoms with E-state index in [2.05, 4.69) is 0 Å². The summed E-state index contributed by atoms with van der Waals surface area (Å²) >= 11 is 0. The van der Waals surface area contributed by atoms with Gasteiger partial charge in [-0.1, -0.05) is 43.7 Å². The van der Waals surface area contributed by atoms with Gasteiger partial charge >= 0.3 is 0 Å². The lowest BCUT2D eigenvalue weighted by molar-refractivity contribution is -0.143. The second-order valence-electron chi connectivity index (χ2n) is 7.11. The molecule has 28 heavy (non-hydrogen) atoms. The highest BCUT2D eigenvalue weighted by atomic mass is 16.7. The molecule has 2 amide bonds. The molecule has 4 rings (SSSR count). The van der Waals surface area contributed by atoms with Crippen LogP contribution in [0.4, 0.5) is 5.69 Å². The van der Waals surface area contributed by atoms with Crippen molar-refractivity contribution in [2.45, 2.75) is 31.9 Å². The molecule has 0 radical (unpaired) electrons. The van der Waals surface area contributed by atoms with E-state index in [0.29, 0.717) is 6.54 Å². The van der Waals surface area contributed by atoms with Crippen molar-refractivity contribution >= 4 is 17.5 Å². The van der Waals surface area contributed by atoms with Gasteiger partial charge < -0.3 is 4.74 Å². The van der Waals surface area contributed by atoms with Crippen LogP contribution in [-0.2, 0) is 14.4 Å². The quantitative estimate of drug-likeness (QED) is 0.720. The Labute approximate surface area is 164 Å².